The van der Waals surface area contributed by atoms with Crippen molar-refractivity contribution in [3.63, 3.8) is 0 Å². The highest BCUT2D eigenvalue weighted by Crippen LogP contribution is 2.30. The van der Waals surface area contributed by atoms with E-state index in [4.69, 9.17) is 0 Å². The van der Waals surface area contributed by atoms with Crippen LogP contribution in [-0.4, -0.2) is 53.3 Å². The summed E-state index contributed by atoms with van der Waals surface area (Å²) >= 11 is 0. The number of hydrogen-bond donors (Lipinski definition) is 1. The maximum absolute atomic E-state index is 13.0. The summed E-state index contributed by atoms with van der Waals surface area (Å²) in [5.41, 5.74) is 0.0923. The van der Waals surface area contributed by atoms with Gasteiger partial charge in [-0.3, -0.25) is 4.79 Å². The van der Waals surface area contributed by atoms with Gasteiger partial charge in [0, 0.05) is 19.1 Å². The van der Waals surface area contributed by atoms with Gasteiger partial charge in [-0.2, -0.15) is 18.3 Å². The van der Waals surface area contributed by atoms with E-state index in [1.807, 2.05) is 6.92 Å². The predicted molar refractivity (Wildman–Crippen MR) is 109 cm³/mol. The molecule has 1 fully saturated rings. The second kappa shape index (κ2) is 8.99. The van der Waals surface area contributed by atoms with Gasteiger partial charge in [0.05, 0.1) is 34.5 Å². The van der Waals surface area contributed by atoms with Crippen LogP contribution in [0.4, 0.5) is 13.2 Å². The summed E-state index contributed by atoms with van der Waals surface area (Å²) in [6, 6.07) is 4.55. The molecule has 0 bridgehead atoms. The normalized spacial score (nSPS) is 16.4. The van der Waals surface area contributed by atoms with Crippen LogP contribution >= 0.6 is 0 Å². The quantitative estimate of drug-likeness (QED) is 0.721. The van der Waals surface area contributed by atoms with E-state index < -0.39 is 21.8 Å². The Morgan fingerprint density at radius 2 is 1.94 bits per heavy atom. The van der Waals surface area contributed by atoms with Crippen LogP contribution in [0.25, 0.3) is 5.69 Å². The number of piperidine rings is 1. The molecule has 0 saturated carbocycles. The van der Waals surface area contributed by atoms with E-state index >= 15 is 0 Å². The van der Waals surface area contributed by atoms with Gasteiger partial charge in [0.25, 0.3) is 5.91 Å². The zero-order chi connectivity index (χ0) is 22.8. The number of rotatable bonds is 6. The summed E-state index contributed by atoms with van der Waals surface area (Å²) in [7, 11) is -3.26. The van der Waals surface area contributed by atoms with Gasteiger partial charge in [-0.1, -0.05) is 13.0 Å². The van der Waals surface area contributed by atoms with Gasteiger partial charge in [-0.05, 0) is 44.4 Å². The van der Waals surface area contributed by atoms with Crippen molar-refractivity contribution in [2.24, 2.45) is 0 Å². The second-order valence-electron chi connectivity index (χ2n) is 7.57. The number of sulfonamides is 1. The van der Waals surface area contributed by atoms with Gasteiger partial charge in [0.1, 0.15) is 0 Å². The number of aromatic nitrogens is 2. The number of amides is 1. The van der Waals surface area contributed by atoms with Crippen molar-refractivity contribution in [2.75, 3.05) is 18.8 Å². The zero-order valence-electron chi connectivity index (χ0n) is 17.3. The Hall–Kier alpha value is -2.40. The first-order chi connectivity index (χ1) is 14.5. The van der Waals surface area contributed by atoms with Crippen LogP contribution in [0.3, 0.4) is 0 Å². The highest BCUT2D eigenvalue weighted by atomic mass is 32.2. The van der Waals surface area contributed by atoms with Crippen molar-refractivity contribution in [1.82, 2.24) is 19.4 Å². The molecule has 1 amide bonds. The SMILES string of the molecule is CCCS(=O)(=O)N1CCC(NC(=O)c2cnn(-c3cccc(C(F)(F)F)c3)c2C)CC1. The molecule has 7 nitrogen and oxygen atoms in total. The van der Waals surface area contributed by atoms with Crippen molar-refractivity contribution >= 4 is 15.9 Å². The van der Waals surface area contributed by atoms with Crippen LogP contribution in [0.5, 0.6) is 0 Å². The largest absolute Gasteiger partial charge is 0.416 e. The van der Waals surface area contributed by atoms with Crippen molar-refractivity contribution in [2.45, 2.75) is 45.3 Å². The van der Waals surface area contributed by atoms with Gasteiger partial charge >= 0.3 is 6.18 Å². The van der Waals surface area contributed by atoms with Crippen LogP contribution < -0.4 is 5.32 Å². The Morgan fingerprint density at radius 1 is 1.26 bits per heavy atom. The third-order valence-electron chi connectivity index (χ3n) is 5.32. The smallest absolute Gasteiger partial charge is 0.349 e. The molecule has 3 rings (SSSR count). The number of nitrogens with one attached hydrogen (secondary N) is 1. The average molecular weight is 459 g/mol. The lowest BCUT2D eigenvalue weighted by Gasteiger charge is -2.31. The predicted octanol–water partition coefficient (Wildman–Crippen LogP) is 3.13. The molecule has 0 aliphatic carbocycles. The van der Waals surface area contributed by atoms with E-state index in [9.17, 15) is 26.4 Å². The fourth-order valence-electron chi connectivity index (χ4n) is 3.64. The lowest BCUT2D eigenvalue weighted by atomic mass is 10.1. The summed E-state index contributed by atoms with van der Waals surface area (Å²) in [6.07, 6.45) is -1.61. The molecule has 31 heavy (non-hydrogen) atoms. The van der Waals surface area contributed by atoms with E-state index in [0.29, 0.717) is 38.0 Å². The van der Waals surface area contributed by atoms with Crippen molar-refractivity contribution < 1.29 is 26.4 Å². The topological polar surface area (TPSA) is 84.3 Å². The first-order valence-corrected chi connectivity index (χ1v) is 11.6. The Balaban J connectivity index is 1.68. The molecule has 2 heterocycles. The van der Waals surface area contributed by atoms with Crippen molar-refractivity contribution in [3.8, 4) is 5.69 Å². The third-order valence-corrected chi connectivity index (χ3v) is 7.39. The molecule has 1 saturated heterocycles. The number of carbonyl (C=O) groups is 1. The minimum Gasteiger partial charge on any atom is -0.349 e. The van der Waals surface area contributed by atoms with Crippen molar-refractivity contribution in [3.05, 3.63) is 47.3 Å². The monoisotopic (exact) mass is 458 g/mol. The molecule has 0 spiro atoms. The van der Waals surface area contributed by atoms with E-state index in [1.165, 1.54) is 27.3 Å². The molecule has 1 N–H and O–H groups in total. The minimum absolute atomic E-state index is 0.109. The Bertz CT molecular complexity index is 1040. The van der Waals surface area contributed by atoms with Crippen LogP contribution in [0.15, 0.2) is 30.5 Å². The first kappa shape index (κ1) is 23.3. The Kier molecular flexibility index (Phi) is 6.75. The van der Waals surface area contributed by atoms with E-state index in [0.717, 1.165) is 12.1 Å². The van der Waals surface area contributed by atoms with Gasteiger partial charge in [0.15, 0.2) is 0 Å². The fourth-order valence-corrected chi connectivity index (χ4v) is 5.18. The summed E-state index contributed by atoms with van der Waals surface area (Å²) in [4.78, 5) is 12.7. The van der Waals surface area contributed by atoms with Crippen LogP contribution in [0.1, 0.15) is 47.8 Å². The lowest BCUT2D eigenvalue weighted by Crippen LogP contribution is -2.47. The Morgan fingerprint density at radius 3 is 2.55 bits per heavy atom. The van der Waals surface area contributed by atoms with Gasteiger partial charge in [-0.25, -0.2) is 17.4 Å². The van der Waals surface area contributed by atoms with Gasteiger partial charge in [0.2, 0.25) is 10.0 Å². The number of benzene rings is 1. The highest BCUT2D eigenvalue weighted by Gasteiger charge is 2.31. The first-order valence-electron chi connectivity index (χ1n) is 10.0. The molecular formula is C20H25F3N4O3S. The third kappa shape index (κ3) is 5.27. The number of alkyl halides is 3. The van der Waals surface area contributed by atoms with E-state index in [2.05, 4.69) is 10.4 Å². The molecule has 1 aromatic carbocycles. The molecule has 2 aromatic rings. The molecule has 0 radical (unpaired) electrons. The second-order valence-corrected chi connectivity index (χ2v) is 9.65. The van der Waals surface area contributed by atoms with Crippen LogP contribution in [0.2, 0.25) is 0 Å². The molecule has 1 aliphatic heterocycles. The average Bonchev–Trinajstić information content (AvgIpc) is 3.09. The zero-order valence-corrected chi connectivity index (χ0v) is 18.1. The molecular weight excluding hydrogens is 433 g/mol. The lowest BCUT2D eigenvalue weighted by molar-refractivity contribution is -0.137. The Labute approximate surface area is 179 Å². The fraction of sp³-hybridized carbons (Fsp3) is 0.500. The van der Waals surface area contributed by atoms with Crippen LogP contribution in [-0.2, 0) is 16.2 Å². The maximum atomic E-state index is 13.0. The molecule has 0 unspecified atom stereocenters. The van der Waals surface area contributed by atoms with Crippen molar-refractivity contribution in [1.29, 1.82) is 0 Å². The molecule has 170 valence electrons. The molecule has 1 aromatic heterocycles. The molecule has 11 heteroatoms. The number of halogens is 3. The summed E-state index contributed by atoms with van der Waals surface area (Å²) in [5, 5.41) is 6.98. The summed E-state index contributed by atoms with van der Waals surface area (Å²) in [5.74, 6) is -0.275. The highest BCUT2D eigenvalue weighted by molar-refractivity contribution is 7.89. The van der Waals surface area contributed by atoms with E-state index in [1.54, 1.807) is 6.92 Å². The standard InChI is InChI=1S/C20H25F3N4O3S/c1-3-11-31(29,30)26-9-7-16(8-10-26)25-19(28)18-13-24-27(14(18)2)17-6-4-5-15(12-17)20(21,22)23/h4-6,12-13,16H,3,7-11H2,1-2H3,(H,25,28). The number of carbonyl (C=O) groups excluding carboxylic acids is 1. The molecule has 0 atom stereocenters. The summed E-state index contributed by atoms with van der Waals surface area (Å²) < 4.78 is 66.0. The molecule has 1 aliphatic rings. The minimum atomic E-state index is -4.48. The van der Waals surface area contributed by atoms with Crippen LogP contribution in [0, 0.1) is 6.92 Å². The number of nitrogens with zero attached hydrogens (tertiary/aromatic N) is 3. The van der Waals surface area contributed by atoms with E-state index in [-0.39, 0.29) is 29.0 Å². The number of hydrogen-bond acceptors (Lipinski definition) is 4. The van der Waals surface area contributed by atoms with Gasteiger partial charge < -0.3 is 5.32 Å². The maximum Gasteiger partial charge on any atom is 0.416 e. The van der Waals surface area contributed by atoms with Gasteiger partial charge in [-0.15, -0.1) is 0 Å². The summed E-state index contributed by atoms with van der Waals surface area (Å²) in [6.45, 7) is 4.11.